The van der Waals surface area contributed by atoms with Gasteiger partial charge in [-0.05, 0) is 61.0 Å². The summed E-state index contributed by atoms with van der Waals surface area (Å²) < 4.78 is 41.0. The Morgan fingerprint density at radius 3 is 2.44 bits per heavy atom. The molecule has 2 fully saturated rings. The summed E-state index contributed by atoms with van der Waals surface area (Å²) in [5.41, 5.74) is 0.0248. The molecule has 0 bridgehead atoms. The van der Waals surface area contributed by atoms with Gasteiger partial charge in [0.05, 0.1) is 0 Å². The zero-order valence-electron chi connectivity index (χ0n) is 20.7. The summed E-state index contributed by atoms with van der Waals surface area (Å²) in [6.07, 6.45) is 1.80. The van der Waals surface area contributed by atoms with E-state index in [0.717, 1.165) is 43.7 Å². The highest BCUT2D eigenvalue weighted by molar-refractivity contribution is 7.80. The molecule has 0 unspecified atom stereocenters. The van der Waals surface area contributed by atoms with Gasteiger partial charge in [0.1, 0.15) is 5.82 Å². The molecule has 5 nitrogen and oxygen atoms in total. The van der Waals surface area contributed by atoms with Crippen LogP contribution in [0.15, 0.2) is 30.3 Å². The second-order valence-electron chi connectivity index (χ2n) is 10.4. The largest absolute Gasteiger partial charge is 0.433 e. The molecule has 10 heteroatoms. The van der Waals surface area contributed by atoms with Gasteiger partial charge in [0.25, 0.3) is 0 Å². The highest BCUT2D eigenvalue weighted by Crippen LogP contribution is 2.40. The first-order valence-electron chi connectivity index (χ1n) is 12.6. The zero-order valence-corrected chi connectivity index (χ0v) is 22.2. The third-order valence-corrected chi connectivity index (χ3v) is 7.74. The van der Waals surface area contributed by atoms with E-state index in [1.165, 1.54) is 6.42 Å². The minimum Gasteiger partial charge on any atom is -0.361 e. The number of hydrogen-bond donors (Lipinski definition) is 2. The predicted octanol–water partition coefficient (Wildman–Crippen LogP) is 6.82. The van der Waals surface area contributed by atoms with E-state index < -0.39 is 11.9 Å². The number of anilines is 2. The van der Waals surface area contributed by atoms with E-state index in [-0.39, 0.29) is 22.3 Å². The molecule has 2 aliphatic rings. The Hall–Kier alpha value is -2.13. The molecule has 36 heavy (non-hydrogen) atoms. The van der Waals surface area contributed by atoms with Crippen LogP contribution < -0.4 is 15.5 Å². The summed E-state index contributed by atoms with van der Waals surface area (Å²) in [5.74, 6) is 0.859. The van der Waals surface area contributed by atoms with E-state index in [9.17, 15) is 13.2 Å². The first-order chi connectivity index (χ1) is 17.0. The van der Waals surface area contributed by atoms with Crippen molar-refractivity contribution in [2.24, 2.45) is 11.8 Å². The normalized spacial score (nSPS) is 22.2. The van der Waals surface area contributed by atoms with Crippen molar-refractivity contribution in [3.05, 3.63) is 46.6 Å². The molecule has 0 amide bonds. The Labute approximate surface area is 221 Å². The Bertz CT molecular complexity index is 1060. The second kappa shape index (κ2) is 11.1. The lowest BCUT2D eigenvalue weighted by Gasteiger charge is -2.38. The molecule has 0 spiro atoms. The van der Waals surface area contributed by atoms with E-state index in [2.05, 4.69) is 40.5 Å². The van der Waals surface area contributed by atoms with Gasteiger partial charge in [-0.25, -0.2) is 4.98 Å². The first kappa shape index (κ1) is 26.9. The van der Waals surface area contributed by atoms with Crippen molar-refractivity contribution in [1.82, 2.24) is 15.3 Å². The molecule has 4 rings (SSSR count). The lowest BCUT2D eigenvalue weighted by Crippen LogP contribution is -2.44. The standard InChI is InChI=1S/C26H33ClF3N5S/c1-17-11-18(2)15-35(14-17)22-13-21(26(28,29)30)32-23(33-22)34-24(36)31-16-25(9-4-3-5-10-25)19-7-6-8-20(27)12-19/h6-8,12-13,17-18H,3-5,9-11,14-16H2,1-2H3,(H2,31,32,33,34,36)/t17-,18-/m1/s1. The fourth-order valence-corrected chi connectivity index (χ4v) is 6.01. The van der Waals surface area contributed by atoms with Crippen LogP contribution in [0.1, 0.15) is 63.6 Å². The molecule has 1 aliphatic carbocycles. The molecule has 1 saturated carbocycles. The maximum Gasteiger partial charge on any atom is 0.433 e. The molecule has 2 heterocycles. The summed E-state index contributed by atoms with van der Waals surface area (Å²) >= 11 is 11.8. The molecule has 196 valence electrons. The molecule has 0 radical (unpaired) electrons. The van der Waals surface area contributed by atoms with Crippen molar-refractivity contribution in [2.45, 2.75) is 64.0 Å². The summed E-state index contributed by atoms with van der Waals surface area (Å²) in [6, 6.07) is 8.91. The highest BCUT2D eigenvalue weighted by Gasteiger charge is 2.36. The van der Waals surface area contributed by atoms with E-state index >= 15 is 0 Å². The summed E-state index contributed by atoms with van der Waals surface area (Å²) in [7, 11) is 0. The van der Waals surface area contributed by atoms with E-state index in [4.69, 9.17) is 23.8 Å². The van der Waals surface area contributed by atoms with Gasteiger partial charge < -0.3 is 15.5 Å². The molecule has 1 aromatic heterocycles. The number of benzene rings is 1. The van der Waals surface area contributed by atoms with Crippen LogP contribution >= 0.6 is 23.8 Å². The van der Waals surface area contributed by atoms with Crippen LogP contribution in [0.4, 0.5) is 24.9 Å². The van der Waals surface area contributed by atoms with Gasteiger partial charge in [0, 0.05) is 36.1 Å². The van der Waals surface area contributed by atoms with Crippen molar-refractivity contribution in [3.8, 4) is 0 Å². The van der Waals surface area contributed by atoms with Crippen LogP contribution in [-0.2, 0) is 11.6 Å². The number of aromatic nitrogens is 2. The smallest absolute Gasteiger partial charge is 0.361 e. The van der Waals surface area contributed by atoms with Gasteiger partial charge in [-0.2, -0.15) is 18.2 Å². The zero-order chi connectivity index (χ0) is 25.9. The lowest BCUT2D eigenvalue weighted by atomic mass is 9.69. The number of thiocarbonyl (C=S) groups is 1. The average Bonchev–Trinajstić information content (AvgIpc) is 2.82. The average molecular weight is 540 g/mol. The Kier molecular flexibility index (Phi) is 8.29. The van der Waals surface area contributed by atoms with Crippen LogP contribution in [0.2, 0.25) is 5.02 Å². The van der Waals surface area contributed by atoms with Crippen LogP contribution in [0.5, 0.6) is 0 Å². The van der Waals surface area contributed by atoms with Gasteiger partial charge in [-0.15, -0.1) is 0 Å². The maximum atomic E-state index is 13.7. The van der Waals surface area contributed by atoms with Gasteiger partial charge >= 0.3 is 6.18 Å². The fraction of sp³-hybridized carbons (Fsp3) is 0.577. The van der Waals surface area contributed by atoms with Crippen molar-refractivity contribution < 1.29 is 13.2 Å². The number of alkyl halides is 3. The minimum absolute atomic E-state index is 0.144. The van der Waals surface area contributed by atoms with Crippen LogP contribution in [0, 0.1) is 11.8 Å². The summed E-state index contributed by atoms with van der Waals surface area (Å²) in [4.78, 5) is 10.1. The number of rotatable bonds is 5. The molecule has 2 N–H and O–H groups in total. The second-order valence-corrected chi connectivity index (χ2v) is 11.3. The molecule has 2 aromatic rings. The van der Waals surface area contributed by atoms with E-state index in [0.29, 0.717) is 36.5 Å². The van der Waals surface area contributed by atoms with Crippen molar-refractivity contribution in [2.75, 3.05) is 29.9 Å². The molecule has 1 saturated heterocycles. The van der Waals surface area contributed by atoms with Gasteiger partial charge in [-0.1, -0.05) is 56.8 Å². The first-order valence-corrected chi connectivity index (χ1v) is 13.3. The van der Waals surface area contributed by atoms with Crippen molar-refractivity contribution >= 4 is 40.7 Å². The van der Waals surface area contributed by atoms with E-state index in [1.807, 2.05) is 23.1 Å². The quantitative estimate of drug-likeness (QED) is 0.407. The van der Waals surface area contributed by atoms with Crippen LogP contribution in [0.3, 0.4) is 0 Å². The molecule has 1 aromatic carbocycles. The summed E-state index contributed by atoms with van der Waals surface area (Å²) in [6.45, 7) is 6.07. The molecular weight excluding hydrogens is 507 g/mol. The number of halogens is 4. The van der Waals surface area contributed by atoms with Gasteiger partial charge in [-0.3, -0.25) is 0 Å². The van der Waals surface area contributed by atoms with Crippen molar-refractivity contribution in [1.29, 1.82) is 0 Å². The number of hydrogen-bond acceptors (Lipinski definition) is 4. The SMILES string of the molecule is C[C@@H]1C[C@@H](C)CN(c2cc(C(F)(F)F)nc(NC(=S)NCC3(c4cccc(Cl)c4)CCCCC3)n2)C1. The van der Waals surface area contributed by atoms with Crippen LogP contribution in [0.25, 0.3) is 0 Å². The maximum absolute atomic E-state index is 13.7. The number of nitrogens with one attached hydrogen (secondary N) is 2. The lowest BCUT2D eigenvalue weighted by molar-refractivity contribution is -0.141. The van der Waals surface area contributed by atoms with Gasteiger partial charge in [0.15, 0.2) is 10.8 Å². The Balaban J connectivity index is 1.52. The predicted molar refractivity (Wildman–Crippen MR) is 143 cm³/mol. The van der Waals surface area contributed by atoms with Crippen LogP contribution in [-0.4, -0.2) is 34.7 Å². The topological polar surface area (TPSA) is 53.1 Å². The third kappa shape index (κ3) is 6.59. The highest BCUT2D eigenvalue weighted by atomic mass is 35.5. The monoisotopic (exact) mass is 539 g/mol. The minimum atomic E-state index is -4.59. The number of piperidine rings is 1. The van der Waals surface area contributed by atoms with Crippen molar-refractivity contribution in [3.63, 3.8) is 0 Å². The Morgan fingerprint density at radius 1 is 1.11 bits per heavy atom. The van der Waals surface area contributed by atoms with E-state index in [1.54, 1.807) is 0 Å². The summed E-state index contributed by atoms with van der Waals surface area (Å²) in [5, 5.41) is 6.94. The number of nitrogens with zero attached hydrogens (tertiary/aromatic N) is 3. The Morgan fingerprint density at radius 2 is 1.81 bits per heavy atom. The fourth-order valence-electron chi connectivity index (χ4n) is 5.66. The third-order valence-electron chi connectivity index (χ3n) is 7.26. The molecular formula is C26H33ClF3N5S. The van der Waals surface area contributed by atoms with Gasteiger partial charge in [0.2, 0.25) is 5.95 Å². The molecule has 1 aliphatic heterocycles. The molecule has 2 atom stereocenters.